The highest BCUT2D eigenvalue weighted by molar-refractivity contribution is 9.12. The van der Waals surface area contributed by atoms with Crippen LogP contribution in [0.2, 0.25) is 0 Å². The number of anilines is 1. The molecule has 116 valence electrons. The van der Waals surface area contributed by atoms with Gasteiger partial charge in [-0.2, -0.15) is 0 Å². The van der Waals surface area contributed by atoms with Crippen LogP contribution < -0.4 is 4.90 Å². The Kier molecular flexibility index (Phi) is 4.11. The van der Waals surface area contributed by atoms with Crippen molar-refractivity contribution in [2.24, 2.45) is 11.8 Å². The van der Waals surface area contributed by atoms with E-state index in [9.17, 15) is 19.5 Å². The SMILES string of the molecule is O=C(O)c1ccccc1N1C(=O)C2CC(Br)C(Br)CC2C1=O. The number of rotatable bonds is 2. The van der Waals surface area contributed by atoms with E-state index in [4.69, 9.17) is 0 Å². The third-order valence-corrected chi connectivity index (χ3v) is 7.02. The number of fused-ring (bicyclic) bond motifs is 1. The van der Waals surface area contributed by atoms with Gasteiger partial charge in [0.2, 0.25) is 11.8 Å². The minimum Gasteiger partial charge on any atom is -0.478 e. The van der Waals surface area contributed by atoms with Gasteiger partial charge in [-0.3, -0.25) is 9.59 Å². The maximum Gasteiger partial charge on any atom is 0.337 e. The van der Waals surface area contributed by atoms with Gasteiger partial charge < -0.3 is 5.11 Å². The van der Waals surface area contributed by atoms with Crippen molar-refractivity contribution < 1.29 is 19.5 Å². The summed E-state index contributed by atoms with van der Waals surface area (Å²) in [6, 6.07) is 6.12. The molecule has 4 unspecified atom stereocenters. The zero-order valence-corrected chi connectivity index (χ0v) is 14.6. The van der Waals surface area contributed by atoms with Crippen LogP contribution in [-0.4, -0.2) is 32.5 Å². The normalized spacial score (nSPS) is 31.3. The van der Waals surface area contributed by atoms with E-state index in [-0.39, 0.29) is 44.6 Å². The molecule has 1 N–H and O–H groups in total. The summed E-state index contributed by atoms with van der Waals surface area (Å²) in [5.74, 6) is -2.51. The Morgan fingerprint density at radius 2 is 1.55 bits per heavy atom. The van der Waals surface area contributed by atoms with Crippen molar-refractivity contribution in [3.8, 4) is 0 Å². The van der Waals surface area contributed by atoms with Gasteiger partial charge in [-0.15, -0.1) is 0 Å². The number of carbonyl (C=O) groups is 3. The molecule has 2 amide bonds. The predicted molar refractivity (Wildman–Crippen MR) is 87.5 cm³/mol. The molecule has 1 aliphatic carbocycles. The van der Waals surface area contributed by atoms with Crippen molar-refractivity contribution in [3.63, 3.8) is 0 Å². The molecule has 5 nitrogen and oxygen atoms in total. The van der Waals surface area contributed by atoms with Crippen LogP contribution in [0.1, 0.15) is 23.2 Å². The van der Waals surface area contributed by atoms with Gasteiger partial charge >= 0.3 is 5.97 Å². The average molecular weight is 431 g/mol. The molecule has 22 heavy (non-hydrogen) atoms. The molecule has 2 fully saturated rings. The van der Waals surface area contributed by atoms with E-state index in [0.29, 0.717) is 12.8 Å². The molecule has 1 aromatic carbocycles. The van der Waals surface area contributed by atoms with Crippen LogP contribution in [0.4, 0.5) is 5.69 Å². The monoisotopic (exact) mass is 429 g/mol. The Hall–Kier alpha value is -1.21. The van der Waals surface area contributed by atoms with E-state index in [0.717, 1.165) is 4.90 Å². The van der Waals surface area contributed by atoms with Crippen molar-refractivity contribution in [1.82, 2.24) is 0 Å². The fraction of sp³-hybridized carbons (Fsp3) is 0.400. The van der Waals surface area contributed by atoms with Crippen molar-refractivity contribution in [2.45, 2.75) is 22.5 Å². The Labute approximate surface area is 143 Å². The molecule has 0 aromatic heterocycles. The Morgan fingerprint density at radius 3 is 2.05 bits per heavy atom. The van der Waals surface area contributed by atoms with E-state index in [2.05, 4.69) is 31.9 Å². The summed E-state index contributed by atoms with van der Waals surface area (Å²) in [4.78, 5) is 38.0. The van der Waals surface area contributed by atoms with Gasteiger partial charge in [-0.1, -0.05) is 44.0 Å². The lowest BCUT2D eigenvalue weighted by Gasteiger charge is -2.29. The molecule has 4 atom stereocenters. The highest BCUT2D eigenvalue weighted by Gasteiger charge is 2.52. The average Bonchev–Trinajstić information content (AvgIpc) is 2.71. The number of halogens is 2. The van der Waals surface area contributed by atoms with Crippen LogP contribution in [-0.2, 0) is 9.59 Å². The summed E-state index contributed by atoms with van der Waals surface area (Å²) in [7, 11) is 0. The smallest absolute Gasteiger partial charge is 0.337 e. The molecular weight excluding hydrogens is 418 g/mol. The summed E-state index contributed by atoms with van der Waals surface area (Å²) in [6.45, 7) is 0. The number of amides is 2. The van der Waals surface area contributed by atoms with E-state index >= 15 is 0 Å². The lowest BCUT2D eigenvalue weighted by molar-refractivity contribution is -0.122. The number of benzene rings is 1. The van der Waals surface area contributed by atoms with Gasteiger partial charge in [0.1, 0.15) is 0 Å². The van der Waals surface area contributed by atoms with E-state index in [1.165, 1.54) is 12.1 Å². The van der Waals surface area contributed by atoms with Crippen LogP contribution >= 0.6 is 31.9 Å². The van der Waals surface area contributed by atoms with Crippen LogP contribution in [0.3, 0.4) is 0 Å². The first-order valence-electron chi connectivity index (χ1n) is 6.90. The number of hydrogen-bond acceptors (Lipinski definition) is 3. The number of para-hydroxylation sites is 1. The minimum atomic E-state index is -1.15. The van der Waals surface area contributed by atoms with Crippen LogP contribution in [0, 0.1) is 11.8 Å². The van der Waals surface area contributed by atoms with Crippen molar-refractivity contribution in [2.75, 3.05) is 4.90 Å². The predicted octanol–water partition coefficient (Wildman–Crippen LogP) is 2.81. The number of hydrogen-bond donors (Lipinski definition) is 1. The molecule has 1 aromatic rings. The number of carboxylic acid groups (broad SMARTS) is 1. The standard InChI is InChI=1S/C15H13Br2NO4/c16-10-5-8-9(6-11(10)17)14(20)18(13(8)19)12-4-2-1-3-7(12)15(21)22/h1-4,8-11H,5-6H2,(H,21,22). The number of aromatic carboxylic acids is 1. The maximum atomic E-state index is 12.7. The summed E-state index contributed by atoms with van der Waals surface area (Å²) in [5, 5.41) is 9.28. The van der Waals surface area contributed by atoms with E-state index < -0.39 is 5.97 Å². The van der Waals surface area contributed by atoms with E-state index in [1.807, 2.05) is 0 Å². The summed E-state index contributed by atoms with van der Waals surface area (Å²) in [5.41, 5.74) is 0.130. The van der Waals surface area contributed by atoms with Crippen molar-refractivity contribution in [1.29, 1.82) is 0 Å². The highest BCUT2D eigenvalue weighted by atomic mass is 79.9. The molecule has 0 bridgehead atoms. The lowest BCUT2D eigenvalue weighted by atomic mass is 9.81. The molecule has 1 aliphatic heterocycles. The molecule has 3 rings (SSSR count). The second-order valence-corrected chi connectivity index (χ2v) is 7.90. The number of alkyl halides is 2. The summed E-state index contributed by atoms with van der Waals surface area (Å²) >= 11 is 7.06. The zero-order valence-electron chi connectivity index (χ0n) is 11.4. The van der Waals surface area contributed by atoms with Gasteiger partial charge in [0.05, 0.1) is 23.1 Å². The second kappa shape index (κ2) is 5.77. The second-order valence-electron chi connectivity index (χ2n) is 5.55. The van der Waals surface area contributed by atoms with Crippen LogP contribution in [0.25, 0.3) is 0 Å². The number of carbonyl (C=O) groups excluding carboxylic acids is 2. The quantitative estimate of drug-likeness (QED) is 0.578. The molecule has 1 saturated heterocycles. The van der Waals surface area contributed by atoms with Gasteiger partial charge in [0.25, 0.3) is 0 Å². The fourth-order valence-electron chi connectivity index (χ4n) is 3.18. The third kappa shape index (κ3) is 2.40. The third-order valence-electron chi connectivity index (χ3n) is 4.29. The van der Waals surface area contributed by atoms with Gasteiger partial charge in [-0.05, 0) is 25.0 Å². The number of imide groups is 1. The molecule has 1 saturated carbocycles. The first-order valence-corrected chi connectivity index (χ1v) is 8.73. The Balaban J connectivity index is 2.01. The van der Waals surface area contributed by atoms with Crippen LogP contribution in [0.15, 0.2) is 24.3 Å². The van der Waals surface area contributed by atoms with Gasteiger partial charge in [0.15, 0.2) is 0 Å². The van der Waals surface area contributed by atoms with Crippen molar-refractivity contribution >= 4 is 55.3 Å². The first kappa shape index (κ1) is 15.7. The number of carboxylic acids is 1. The topological polar surface area (TPSA) is 74.7 Å². The molecule has 1 heterocycles. The van der Waals surface area contributed by atoms with Crippen LogP contribution in [0.5, 0.6) is 0 Å². The summed E-state index contributed by atoms with van der Waals surface area (Å²) < 4.78 is 0. The maximum absolute atomic E-state index is 12.7. The summed E-state index contributed by atoms with van der Waals surface area (Å²) in [6.07, 6.45) is 1.13. The molecule has 0 spiro atoms. The molecule has 2 aliphatic rings. The Morgan fingerprint density at radius 1 is 1.05 bits per heavy atom. The zero-order chi connectivity index (χ0) is 16.0. The number of nitrogens with zero attached hydrogens (tertiary/aromatic N) is 1. The minimum absolute atomic E-state index is 0.0337. The molecule has 0 radical (unpaired) electrons. The fourth-order valence-corrected chi connectivity index (χ4v) is 4.42. The first-order chi connectivity index (χ1) is 10.4. The lowest BCUT2D eigenvalue weighted by Crippen LogP contribution is -2.34. The largest absolute Gasteiger partial charge is 0.478 e. The van der Waals surface area contributed by atoms with Gasteiger partial charge in [-0.25, -0.2) is 9.69 Å². The highest BCUT2D eigenvalue weighted by Crippen LogP contribution is 2.44. The van der Waals surface area contributed by atoms with E-state index in [1.54, 1.807) is 12.1 Å². The molecule has 7 heteroatoms. The van der Waals surface area contributed by atoms with Crippen molar-refractivity contribution in [3.05, 3.63) is 29.8 Å². The Bertz CT molecular complexity index is 635. The van der Waals surface area contributed by atoms with Gasteiger partial charge in [0, 0.05) is 9.65 Å². The molecular formula is C15H13Br2NO4.